The lowest BCUT2D eigenvalue weighted by Gasteiger charge is -2.32. The van der Waals surface area contributed by atoms with E-state index < -0.39 is 0 Å². The zero-order valence-electron chi connectivity index (χ0n) is 14.2. The fourth-order valence-corrected chi connectivity index (χ4v) is 3.14. The number of hydrogen-bond acceptors (Lipinski definition) is 4. The number of nitrogens with zero attached hydrogens (tertiary/aromatic N) is 1. The maximum absolute atomic E-state index is 6.05. The molecule has 3 atom stereocenters. The Balaban J connectivity index is 1.56. The minimum Gasteiger partial charge on any atom is -0.372 e. The lowest BCUT2D eigenvalue weighted by Crippen LogP contribution is -2.41. The number of ether oxygens (including phenoxy) is 3. The van der Waals surface area contributed by atoms with Crippen molar-refractivity contribution in [2.75, 3.05) is 26.4 Å². The minimum atomic E-state index is -0.00597. The van der Waals surface area contributed by atoms with Crippen LogP contribution < -0.4 is 0 Å². The smallest absolute Gasteiger partial charge is 0.157 e. The van der Waals surface area contributed by atoms with Gasteiger partial charge in [-0.3, -0.25) is 4.90 Å². The molecular formula is C19H29NO3. The second-order valence-electron chi connectivity index (χ2n) is 6.56. The first-order valence-corrected chi connectivity index (χ1v) is 8.98. The fraction of sp³-hybridized carbons (Fsp3) is 0.684. The quantitative estimate of drug-likeness (QED) is 0.655. The van der Waals surface area contributed by atoms with E-state index in [2.05, 4.69) is 42.2 Å². The Bertz CT molecular complexity index is 443. The van der Waals surface area contributed by atoms with E-state index in [-0.39, 0.29) is 6.29 Å². The molecule has 0 aliphatic carbocycles. The standard InChI is InChI=1S/C19H29NO3/c1-2-17(14-23-19-10-6-7-11-21-19)20(13-18-15-22-18)12-16-8-4-3-5-9-16/h3-5,8-9,17-19H,2,6-7,10-15H2,1H3. The lowest BCUT2D eigenvalue weighted by atomic mass is 10.1. The molecule has 1 aromatic carbocycles. The van der Waals surface area contributed by atoms with Crippen molar-refractivity contribution in [1.82, 2.24) is 4.90 Å². The van der Waals surface area contributed by atoms with Crippen LogP contribution in [0.25, 0.3) is 0 Å². The molecule has 0 bridgehead atoms. The summed E-state index contributed by atoms with van der Waals surface area (Å²) in [7, 11) is 0. The molecule has 2 heterocycles. The molecular weight excluding hydrogens is 290 g/mol. The summed E-state index contributed by atoms with van der Waals surface area (Å²) >= 11 is 0. The van der Waals surface area contributed by atoms with E-state index in [1.54, 1.807) is 0 Å². The zero-order chi connectivity index (χ0) is 15.9. The molecule has 1 aromatic rings. The third-order valence-electron chi connectivity index (χ3n) is 4.67. The van der Waals surface area contributed by atoms with Gasteiger partial charge in [0.05, 0.1) is 19.3 Å². The van der Waals surface area contributed by atoms with Crippen LogP contribution in [0.4, 0.5) is 0 Å². The monoisotopic (exact) mass is 319 g/mol. The summed E-state index contributed by atoms with van der Waals surface area (Å²) in [5.41, 5.74) is 1.35. The molecule has 4 heteroatoms. The van der Waals surface area contributed by atoms with Crippen molar-refractivity contribution in [3.63, 3.8) is 0 Å². The van der Waals surface area contributed by atoms with Crippen LogP contribution in [0.2, 0.25) is 0 Å². The van der Waals surface area contributed by atoms with E-state index in [9.17, 15) is 0 Å². The van der Waals surface area contributed by atoms with Crippen LogP contribution in [0.15, 0.2) is 30.3 Å². The number of benzene rings is 1. The zero-order valence-corrected chi connectivity index (χ0v) is 14.2. The molecule has 2 aliphatic rings. The van der Waals surface area contributed by atoms with E-state index in [1.165, 1.54) is 12.0 Å². The van der Waals surface area contributed by atoms with Gasteiger partial charge in [-0.15, -0.1) is 0 Å². The third kappa shape index (κ3) is 5.57. The van der Waals surface area contributed by atoms with Crippen molar-refractivity contribution < 1.29 is 14.2 Å². The second-order valence-corrected chi connectivity index (χ2v) is 6.56. The van der Waals surface area contributed by atoms with Gasteiger partial charge in [0, 0.05) is 25.7 Å². The van der Waals surface area contributed by atoms with Crippen molar-refractivity contribution in [2.24, 2.45) is 0 Å². The SMILES string of the molecule is CCC(COC1CCCCO1)N(Cc1ccccc1)CC1CO1. The first-order chi connectivity index (χ1) is 11.3. The van der Waals surface area contributed by atoms with Gasteiger partial charge in [-0.05, 0) is 31.2 Å². The van der Waals surface area contributed by atoms with Gasteiger partial charge in [0.25, 0.3) is 0 Å². The molecule has 0 saturated carbocycles. The van der Waals surface area contributed by atoms with Gasteiger partial charge in [-0.25, -0.2) is 0 Å². The summed E-state index contributed by atoms with van der Waals surface area (Å²) in [5.74, 6) is 0. The summed E-state index contributed by atoms with van der Waals surface area (Å²) in [6.07, 6.45) is 4.88. The Hall–Kier alpha value is -0.940. The topological polar surface area (TPSA) is 34.2 Å². The van der Waals surface area contributed by atoms with Crippen LogP contribution in [0.1, 0.15) is 38.2 Å². The molecule has 3 rings (SSSR count). The van der Waals surface area contributed by atoms with E-state index in [0.717, 1.165) is 52.2 Å². The molecule has 4 nitrogen and oxygen atoms in total. The Kier molecular flexibility index (Phi) is 6.46. The van der Waals surface area contributed by atoms with E-state index in [1.807, 2.05) is 0 Å². The maximum Gasteiger partial charge on any atom is 0.157 e. The number of hydrogen-bond donors (Lipinski definition) is 0. The normalized spacial score (nSPS) is 25.5. The maximum atomic E-state index is 6.05. The summed E-state index contributed by atoms with van der Waals surface area (Å²) < 4.78 is 17.2. The van der Waals surface area contributed by atoms with Gasteiger partial charge in [-0.2, -0.15) is 0 Å². The lowest BCUT2D eigenvalue weighted by molar-refractivity contribution is -0.171. The predicted octanol–water partition coefficient (Wildman–Crippen LogP) is 3.21. The highest BCUT2D eigenvalue weighted by molar-refractivity contribution is 5.14. The molecule has 0 aromatic heterocycles. The number of rotatable bonds is 9. The van der Waals surface area contributed by atoms with Crippen LogP contribution in [-0.4, -0.2) is 49.7 Å². The van der Waals surface area contributed by atoms with Gasteiger partial charge in [0.1, 0.15) is 0 Å². The number of epoxide rings is 1. The summed E-state index contributed by atoms with van der Waals surface area (Å²) in [6.45, 7) is 6.65. The Labute approximate surface area is 139 Å². The first kappa shape index (κ1) is 16.9. The van der Waals surface area contributed by atoms with Crippen LogP contribution in [0.5, 0.6) is 0 Å². The van der Waals surface area contributed by atoms with Gasteiger partial charge in [0.15, 0.2) is 6.29 Å². The van der Waals surface area contributed by atoms with Gasteiger partial charge < -0.3 is 14.2 Å². The average Bonchev–Trinajstić information content (AvgIpc) is 3.41. The summed E-state index contributed by atoms with van der Waals surface area (Å²) in [6, 6.07) is 11.1. The van der Waals surface area contributed by atoms with E-state index in [0.29, 0.717) is 12.1 Å². The molecule has 0 radical (unpaired) electrons. The van der Waals surface area contributed by atoms with Crippen LogP contribution >= 0.6 is 0 Å². The molecule has 0 amide bonds. The van der Waals surface area contributed by atoms with Gasteiger partial charge >= 0.3 is 0 Å². The molecule has 128 valence electrons. The third-order valence-corrected chi connectivity index (χ3v) is 4.67. The predicted molar refractivity (Wildman–Crippen MR) is 90.2 cm³/mol. The van der Waals surface area contributed by atoms with Crippen molar-refractivity contribution in [3.05, 3.63) is 35.9 Å². The molecule has 0 N–H and O–H groups in total. The van der Waals surface area contributed by atoms with E-state index in [4.69, 9.17) is 14.2 Å². The highest BCUT2D eigenvalue weighted by Crippen LogP contribution is 2.20. The van der Waals surface area contributed by atoms with Gasteiger partial charge in [0.2, 0.25) is 0 Å². The fourth-order valence-electron chi connectivity index (χ4n) is 3.14. The van der Waals surface area contributed by atoms with Crippen LogP contribution in [-0.2, 0) is 20.8 Å². The Morgan fingerprint density at radius 2 is 2.04 bits per heavy atom. The molecule has 2 saturated heterocycles. The molecule has 3 unspecified atom stereocenters. The molecule has 2 aliphatic heterocycles. The Morgan fingerprint density at radius 3 is 2.70 bits per heavy atom. The molecule has 23 heavy (non-hydrogen) atoms. The minimum absolute atomic E-state index is 0.00597. The molecule has 0 spiro atoms. The van der Waals surface area contributed by atoms with Crippen molar-refractivity contribution in [2.45, 2.75) is 57.6 Å². The van der Waals surface area contributed by atoms with E-state index >= 15 is 0 Å². The highest BCUT2D eigenvalue weighted by Gasteiger charge is 2.29. The van der Waals surface area contributed by atoms with Crippen molar-refractivity contribution in [3.8, 4) is 0 Å². The average molecular weight is 319 g/mol. The van der Waals surface area contributed by atoms with Crippen molar-refractivity contribution >= 4 is 0 Å². The summed E-state index contributed by atoms with van der Waals surface area (Å²) in [4.78, 5) is 2.51. The van der Waals surface area contributed by atoms with Crippen LogP contribution in [0, 0.1) is 0 Å². The van der Waals surface area contributed by atoms with Gasteiger partial charge in [-0.1, -0.05) is 37.3 Å². The summed E-state index contributed by atoms with van der Waals surface area (Å²) in [5, 5.41) is 0. The highest BCUT2D eigenvalue weighted by atomic mass is 16.7. The molecule has 2 fully saturated rings. The van der Waals surface area contributed by atoms with Crippen molar-refractivity contribution in [1.29, 1.82) is 0 Å². The largest absolute Gasteiger partial charge is 0.372 e. The van der Waals surface area contributed by atoms with Crippen LogP contribution in [0.3, 0.4) is 0 Å². The first-order valence-electron chi connectivity index (χ1n) is 8.98. The Morgan fingerprint density at radius 1 is 1.22 bits per heavy atom. The second kappa shape index (κ2) is 8.78.